The van der Waals surface area contributed by atoms with Crippen LogP contribution >= 0.6 is 7.60 Å². The number of hydrogen-bond donors (Lipinski definition) is 0. The molecule has 0 N–H and O–H groups in total. The maximum Gasteiger partial charge on any atom is 0.390 e. The van der Waals surface area contributed by atoms with Gasteiger partial charge in [0.2, 0.25) is 0 Å². The van der Waals surface area contributed by atoms with Gasteiger partial charge in [0.25, 0.3) is 0 Å². The minimum atomic E-state index is -3.80. The fourth-order valence-electron chi connectivity index (χ4n) is 3.55. The molecule has 0 saturated carbocycles. The van der Waals surface area contributed by atoms with Crippen LogP contribution in [0.15, 0.2) is 115 Å². The SMILES string of the molecule is O=C(CP(=O)(OCc1ccccc1)Oc1ccccc1)OCCCc1cccc(Oc2ccccc2)c1. The first-order valence-electron chi connectivity index (χ1n) is 12.1. The zero-order valence-electron chi connectivity index (χ0n) is 20.4. The number of aryl methyl sites for hydroxylation is 1. The van der Waals surface area contributed by atoms with E-state index in [1.165, 1.54) is 0 Å². The summed E-state index contributed by atoms with van der Waals surface area (Å²) in [6.45, 7) is 0.242. The Hall–Kier alpha value is -3.86. The second-order valence-corrected chi connectivity index (χ2v) is 10.3. The molecule has 1 atom stereocenters. The summed E-state index contributed by atoms with van der Waals surface area (Å²) in [5.41, 5.74) is 1.89. The number of rotatable bonds is 13. The van der Waals surface area contributed by atoms with Gasteiger partial charge in [-0.1, -0.05) is 78.9 Å². The van der Waals surface area contributed by atoms with Gasteiger partial charge in [-0.3, -0.25) is 9.32 Å². The summed E-state index contributed by atoms with van der Waals surface area (Å²) in [6, 6.07) is 35.3. The predicted molar refractivity (Wildman–Crippen MR) is 143 cm³/mol. The van der Waals surface area contributed by atoms with Gasteiger partial charge in [-0.05, 0) is 60.4 Å². The van der Waals surface area contributed by atoms with E-state index in [0.717, 1.165) is 22.6 Å². The number of carbonyl (C=O) groups excluding carboxylic acids is 1. The highest BCUT2D eigenvalue weighted by molar-refractivity contribution is 7.55. The summed E-state index contributed by atoms with van der Waals surface area (Å²) in [7, 11) is -3.80. The van der Waals surface area contributed by atoms with E-state index in [2.05, 4.69) is 0 Å². The van der Waals surface area contributed by atoms with E-state index in [0.29, 0.717) is 18.6 Å². The van der Waals surface area contributed by atoms with Gasteiger partial charge in [0.15, 0.2) is 6.16 Å². The van der Waals surface area contributed by atoms with Gasteiger partial charge in [0, 0.05) is 0 Å². The van der Waals surface area contributed by atoms with Crippen molar-refractivity contribution >= 4 is 13.6 Å². The number of para-hydroxylation sites is 2. The minimum Gasteiger partial charge on any atom is -0.465 e. The quantitative estimate of drug-likeness (QED) is 0.104. The van der Waals surface area contributed by atoms with Crippen LogP contribution in [-0.2, 0) is 31.6 Å². The molecule has 6 nitrogen and oxygen atoms in total. The highest BCUT2D eigenvalue weighted by Crippen LogP contribution is 2.49. The van der Waals surface area contributed by atoms with Crippen molar-refractivity contribution in [3.05, 3.63) is 126 Å². The van der Waals surface area contributed by atoms with Crippen LogP contribution in [0, 0.1) is 0 Å². The molecule has 0 fully saturated rings. The van der Waals surface area contributed by atoms with E-state index in [4.69, 9.17) is 18.5 Å². The average Bonchev–Trinajstić information content (AvgIpc) is 2.92. The van der Waals surface area contributed by atoms with E-state index < -0.39 is 19.7 Å². The molecule has 37 heavy (non-hydrogen) atoms. The first kappa shape index (κ1) is 26.2. The lowest BCUT2D eigenvalue weighted by Crippen LogP contribution is -2.15. The van der Waals surface area contributed by atoms with Crippen LogP contribution in [0.5, 0.6) is 17.2 Å². The van der Waals surface area contributed by atoms with Gasteiger partial charge in [0.05, 0.1) is 13.2 Å². The van der Waals surface area contributed by atoms with Crippen molar-refractivity contribution in [1.82, 2.24) is 0 Å². The van der Waals surface area contributed by atoms with Gasteiger partial charge in [-0.25, -0.2) is 4.57 Å². The van der Waals surface area contributed by atoms with E-state index in [1.807, 2.05) is 91.0 Å². The van der Waals surface area contributed by atoms with Gasteiger partial charge in [-0.2, -0.15) is 0 Å². The standard InChI is InChI=1S/C30H29O6P/c31-30(33-21-11-15-25-14-10-20-29(22-25)35-27-16-6-2-7-17-27)24-37(32,36-28-18-8-3-9-19-28)34-23-26-12-4-1-5-13-26/h1-10,12-14,16-20,22H,11,15,21,23-24H2. The molecule has 190 valence electrons. The van der Waals surface area contributed by atoms with E-state index in [1.54, 1.807) is 24.3 Å². The Kier molecular flexibility index (Phi) is 9.53. The molecular weight excluding hydrogens is 487 g/mol. The van der Waals surface area contributed by atoms with Crippen LogP contribution in [0.1, 0.15) is 17.5 Å². The Balaban J connectivity index is 1.28. The second-order valence-electron chi connectivity index (χ2n) is 8.32. The Labute approximate surface area is 217 Å². The van der Waals surface area contributed by atoms with Crippen molar-refractivity contribution in [2.75, 3.05) is 12.8 Å². The average molecular weight is 517 g/mol. The Morgan fingerprint density at radius 3 is 1.97 bits per heavy atom. The summed E-state index contributed by atoms with van der Waals surface area (Å²) < 4.78 is 36.0. The molecule has 0 heterocycles. The van der Waals surface area contributed by atoms with Gasteiger partial charge in [-0.15, -0.1) is 0 Å². The maximum atomic E-state index is 13.4. The minimum absolute atomic E-state index is 0.0552. The molecule has 0 aliphatic rings. The Morgan fingerprint density at radius 1 is 0.676 bits per heavy atom. The largest absolute Gasteiger partial charge is 0.465 e. The van der Waals surface area contributed by atoms with E-state index in [-0.39, 0.29) is 13.2 Å². The fourth-order valence-corrected chi connectivity index (χ4v) is 4.95. The van der Waals surface area contributed by atoms with Crippen LogP contribution in [0.3, 0.4) is 0 Å². The first-order valence-corrected chi connectivity index (χ1v) is 13.8. The molecular formula is C30H29O6P. The molecule has 0 radical (unpaired) electrons. The van der Waals surface area contributed by atoms with Crippen molar-refractivity contribution < 1.29 is 27.9 Å². The molecule has 0 spiro atoms. The molecule has 4 rings (SSSR count). The summed E-state index contributed by atoms with van der Waals surface area (Å²) in [4.78, 5) is 12.6. The molecule has 4 aromatic rings. The monoisotopic (exact) mass is 516 g/mol. The lowest BCUT2D eigenvalue weighted by atomic mass is 10.1. The maximum absolute atomic E-state index is 13.4. The first-order chi connectivity index (χ1) is 18.1. The Morgan fingerprint density at radius 2 is 1.27 bits per heavy atom. The topological polar surface area (TPSA) is 71.1 Å². The van der Waals surface area contributed by atoms with Crippen LogP contribution in [0.4, 0.5) is 0 Å². The van der Waals surface area contributed by atoms with E-state index >= 15 is 0 Å². The number of ether oxygens (including phenoxy) is 2. The molecule has 4 aromatic carbocycles. The molecule has 0 aromatic heterocycles. The second kappa shape index (κ2) is 13.4. The third-order valence-corrected chi connectivity index (χ3v) is 6.99. The van der Waals surface area contributed by atoms with E-state index in [9.17, 15) is 9.36 Å². The van der Waals surface area contributed by atoms with Crippen molar-refractivity contribution in [3.63, 3.8) is 0 Å². The van der Waals surface area contributed by atoms with Gasteiger partial charge < -0.3 is 14.0 Å². The summed E-state index contributed by atoms with van der Waals surface area (Å²) in [5, 5.41) is 0. The number of benzene rings is 4. The lowest BCUT2D eigenvalue weighted by Gasteiger charge is -2.19. The van der Waals surface area contributed by atoms with Crippen molar-refractivity contribution in [2.45, 2.75) is 19.4 Å². The zero-order valence-corrected chi connectivity index (χ0v) is 21.3. The predicted octanol–water partition coefficient (Wildman–Crippen LogP) is 7.44. The van der Waals surface area contributed by atoms with Crippen molar-refractivity contribution in [1.29, 1.82) is 0 Å². The van der Waals surface area contributed by atoms with Crippen molar-refractivity contribution in [3.8, 4) is 17.2 Å². The van der Waals surface area contributed by atoms with Crippen LogP contribution < -0.4 is 9.26 Å². The third-order valence-electron chi connectivity index (χ3n) is 5.33. The number of esters is 1. The molecule has 0 aliphatic carbocycles. The van der Waals surface area contributed by atoms with Crippen molar-refractivity contribution in [2.24, 2.45) is 0 Å². The van der Waals surface area contributed by atoms with Crippen LogP contribution in [-0.4, -0.2) is 18.7 Å². The molecule has 0 aliphatic heterocycles. The Bertz CT molecular complexity index is 1300. The fraction of sp³-hybridized carbons (Fsp3) is 0.167. The normalized spacial score (nSPS) is 12.3. The summed E-state index contributed by atoms with van der Waals surface area (Å²) in [6.07, 6.45) is 0.826. The summed E-state index contributed by atoms with van der Waals surface area (Å²) >= 11 is 0. The van der Waals surface area contributed by atoms with Crippen LogP contribution in [0.25, 0.3) is 0 Å². The lowest BCUT2D eigenvalue weighted by molar-refractivity contribution is -0.140. The van der Waals surface area contributed by atoms with Gasteiger partial charge in [0.1, 0.15) is 17.2 Å². The smallest absolute Gasteiger partial charge is 0.390 e. The molecule has 1 unspecified atom stereocenters. The molecule has 0 saturated heterocycles. The highest BCUT2D eigenvalue weighted by atomic mass is 31.2. The van der Waals surface area contributed by atoms with Crippen LogP contribution in [0.2, 0.25) is 0 Å². The molecule has 0 bridgehead atoms. The molecule has 7 heteroatoms. The summed E-state index contributed by atoms with van der Waals surface area (Å²) in [5.74, 6) is 1.25. The number of carbonyl (C=O) groups is 1. The highest BCUT2D eigenvalue weighted by Gasteiger charge is 2.31. The molecule has 0 amide bonds. The third kappa shape index (κ3) is 8.94. The zero-order chi connectivity index (χ0) is 25.8. The van der Waals surface area contributed by atoms with Gasteiger partial charge >= 0.3 is 13.6 Å². The number of hydrogen-bond acceptors (Lipinski definition) is 6.